The molecule has 0 aliphatic heterocycles. The van der Waals surface area contributed by atoms with Gasteiger partial charge in [0.2, 0.25) is 5.78 Å². The third kappa shape index (κ3) is 3.87. The van der Waals surface area contributed by atoms with Gasteiger partial charge in [0.15, 0.2) is 0 Å². The maximum absolute atomic E-state index is 12.0. The van der Waals surface area contributed by atoms with Crippen LogP contribution in [-0.4, -0.2) is 9.58 Å². The molecule has 1 aromatic carbocycles. The highest BCUT2D eigenvalue weighted by Gasteiger charge is 2.33. The maximum atomic E-state index is 12.0. The molecule has 94 valence electrons. The number of carbonyl (C=O) groups excluding carboxylic acids is 1. The first-order valence-corrected chi connectivity index (χ1v) is 6.71. The van der Waals surface area contributed by atoms with E-state index >= 15 is 0 Å². The summed E-state index contributed by atoms with van der Waals surface area (Å²) in [4.78, 5) is 12.0. The van der Waals surface area contributed by atoms with E-state index in [-0.39, 0.29) is 0 Å². The lowest BCUT2D eigenvalue weighted by Crippen LogP contribution is -2.21. The molecule has 0 spiro atoms. The van der Waals surface area contributed by atoms with Gasteiger partial charge in [0.25, 0.3) is 3.79 Å². The molecule has 0 fully saturated rings. The summed E-state index contributed by atoms with van der Waals surface area (Å²) in [6.07, 6.45) is 2.92. The van der Waals surface area contributed by atoms with Crippen molar-refractivity contribution in [3.05, 3.63) is 34.9 Å². The predicted molar refractivity (Wildman–Crippen MR) is 74.4 cm³/mol. The number of hydrogen-bond donors (Lipinski definition) is 0. The molecule has 0 N–H and O–H groups in total. The van der Waals surface area contributed by atoms with E-state index in [1.165, 1.54) is 0 Å². The Balaban J connectivity index is 3.15. The quantitative estimate of drug-likeness (QED) is 0.570. The number of rotatable bonds is 4. The standard InChI is InChI=1S/C13H15Cl3O/c1-3-4-7-10-9(2)6-5-8-11(10)12(17)13(14,15)16/h5-6,8H,3-4,7H2,1-2H3. The van der Waals surface area contributed by atoms with Gasteiger partial charge in [-0.25, -0.2) is 0 Å². The number of benzene rings is 1. The summed E-state index contributed by atoms with van der Waals surface area (Å²) < 4.78 is -1.88. The van der Waals surface area contributed by atoms with Gasteiger partial charge < -0.3 is 0 Å². The third-order valence-electron chi connectivity index (χ3n) is 2.69. The van der Waals surface area contributed by atoms with Gasteiger partial charge in [-0.2, -0.15) is 0 Å². The zero-order chi connectivity index (χ0) is 13.1. The normalized spacial score (nSPS) is 11.6. The molecule has 1 aromatic rings. The van der Waals surface area contributed by atoms with Crippen molar-refractivity contribution < 1.29 is 4.79 Å². The highest BCUT2D eigenvalue weighted by Crippen LogP contribution is 2.32. The first-order valence-electron chi connectivity index (χ1n) is 5.58. The molecule has 0 aliphatic carbocycles. The van der Waals surface area contributed by atoms with E-state index in [9.17, 15) is 4.79 Å². The summed E-state index contributed by atoms with van der Waals surface area (Å²) in [5, 5.41) is 0. The van der Waals surface area contributed by atoms with Gasteiger partial charge in [-0.3, -0.25) is 4.79 Å². The molecule has 0 heterocycles. The van der Waals surface area contributed by atoms with E-state index in [4.69, 9.17) is 34.8 Å². The Morgan fingerprint density at radius 2 is 1.94 bits per heavy atom. The second-order valence-electron chi connectivity index (χ2n) is 4.03. The van der Waals surface area contributed by atoms with Crippen LogP contribution in [-0.2, 0) is 6.42 Å². The molecular weight excluding hydrogens is 279 g/mol. The lowest BCUT2D eigenvalue weighted by atomic mass is 9.95. The van der Waals surface area contributed by atoms with Crippen molar-refractivity contribution in [1.29, 1.82) is 0 Å². The van der Waals surface area contributed by atoms with Gasteiger partial charge in [0, 0.05) is 5.56 Å². The van der Waals surface area contributed by atoms with Crippen molar-refractivity contribution in [3.63, 3.8) is 0 Å². The molecule has 0 unspecified atom stereocenters. The molecule has 0 bridgehead atoms. The van der Waals surface area contributed by atoms with Crippen LogP contribution < -0.4 is 0 Å². The van der Waals surface area contributed by atoms with Crippen LogP contribution in [0.3, 0.4) is 0 Å². The Bertz CT molecular complexity index is 408. The van der Waals surface area contributed by atoms with Crippen molar-refractivity contribution in [2.75, 3.05) is 0 Å². The highest BCUT2D eigenvalue weighted by atomic mass is 35.6. The minimum absolute atomic E-state index is 0.447. The van der Waals surface area contributed by atoms with Crippen LogP contribution in [0, 0.1) is 6.92 Å². The number of unbranched alkanes of at least 4 members (excludes halogenated alkanes) is 1. The van der Waals surface area contributed by atoms with Crippen LogP contribution in [0.25, 0.3) is 0 Å². The van der Waals surface area contributed by atoms with Gasteiger partial charge in [-0.15, -0.1) is 0 Å². The Morgan fingerprint density at radius 1 is 1.29 bits per heavy atom. The van der Waals surface area contributed by atoms with Crippen LogP contribution >= 0.6 is 34.8 Å². The zero-order valence-electron chi connectivity index (χ0n) is 9.90. The van der Waals surface area contributed by atoms with Crippen molar-refractivity contribution in [2.45, 2.75) is 36.9 Å². The lowest BCUT2D eigenvalue weighted by molar-refractivity contribution is 0.0995. The molecule has 0 aromatic heterocycles. The first kappa shape index (κ1) is 14.8. The fraction of sp³-hybridized carbons (Fsp3) is 0.462. The van der Waals surface area contributed by atoms with Gasteiger partial charge in [-0.05, 0) is 30.9 Å². The molecule has 1 nitrogen and oxygen atoms in total. The summed E-state index contributed by atoms with van der Waals surface area (Å²) in [5.74, 6) is -0.447. The van der Waals surface area contributed by atoms with E-state index in [1.807, 2.05) is 19.1 Å². The number of ketones is 1. The van der Waals surface area contributed by atoms with E-state index in [0.717, 1.165) is 30.4 Å². The van der Waals surface area contributed by atoms with Crippen molar-refractivity contribution in [3.8, 4) is 0 Å². The maximum Gasteiger partial charge on any atom is 0.253 e. The Kier molecular flexibility index (Phi) is 5.30. The highest BCUT2D eigenvalue weighted by molar-refractivity contribution is 6.77. The summed E-state index contributed by atoms with van der Waals surface area (Å²) in [6.45, 7) is 4.08. The molecule has 0 saturated carbocycles. The fourth-order valence-electron chi connectivity index (χ4n) is 1.75. The van der Waals surface area contributed by atoms with Crippen molar-refractivity contribution >= 4 is 40.6 Å². The van der Waals surface area contributed by atoms with E-state index in [2.05, 4.69) is 6.92 Å². The smallest absolute Gasteiger partial charge is 0.253 e. The minimum atomic E-state index is -1.88. The first-order chi connectivity index (χ1) is 7.88. The van der Waals surface area contributed by atoms with Gasteiger partial charge in [0.1, 0.15) is 0 Å². The average molecular weight is 294 g/mol. The van der Waals surface area contributed by atoms with Crippen LogP contribution in [0.15, 0.2) is 18.2 Å². The zero-order valence-corrected chi connectivity index (χ0v) is 12.2. The monoisotopic (exact) mass is 292 g/mol. The molecule has 17 heavy (non-hydrogen) atoms. The Labute approximate surface area is 117 Å². The molecule has 0 atom stereocenters. The van der Waals surface area contributed by atoms with Crippen LogP contribution in [0.1, 0.15) is 41.3 Å². The second-order valence-corrected chi connectivity index (χ2v) is 6.31. The van der Waals surface area contributed by atoms with Crippen molar-refractivity contribution in [2.24, 2.45) is 0 Å². The molecule has 0 radical (unpaired) electrons. The average Bonchev–Trinajstić information content (AvgIpc) is 2.25. The number of halogens is 3. The molecule has 4 heteroatoms. The van der Waals surface area contributed by atoms with E-state index in [0.29, 0.717) is 5.56 Å². The Morgan fingerprint density at radius 3 is 2.47 bits per heavy atom. The SMILES string of the molecule is CCCCc1c(C)cccc1C(=O)C(Cl)(Cl)Cl. The second kappa shape index (κ2) is 6.08. The Hall–Kier alpha value is -0.240. The number of Topliss-reactive ketones (excluding diaryl/α,β-unsaturated/α-hetero) is 1. The van der Waals surface area contributed by atoms with Crippen LogP contribution in [0.5, 0.6) is 0 Å². The van der Waals surface area contributed by atoms with E-state index < -0.39 is 9.58 Å². The van der Waals surface area contributed by atoms with Gasteiger partial charge in [0.05, 0.1) is 0 Å². The van der Waals surface area contributed by atoms with Gasteiger partial charge in [-0.1, -0.05) is 66.3 Å². The third-order valence-corrected chi connectivity index (χ3v) is 3.21. The molecule has 0 amide bonds. The fourth-order valence-corrected chi connectivity index (χ4v) is 2.06. The molecule has 0 aliphatic rings. The molecular formula is C13H15Cl3O. The largest absolute Gasteiger partial charge is 0.289 e. The van der Waals surface area contributed by atoms with Crippen molar-refractivity contribution in [1.82, 2.24) is 0 Å². The number of hydrogen-bond acceptors (Lipinski definition) is 1. The summed E-state index contributed by atoms with van der Waals surface area (Å²) >= 11 is 17.0. The topological polar surface area (TPSA) is 17.1 Å². The van der Waals surface area contributed by atoms with Gasteiger partial charge >= 0.3 is 0 Å². The number of alkyl halides is 3. The van der Waals surface area contributed by atoms with Crippen LogP contribution in [0.4, 0.5) is 0 Å². The summed E-state index contributed by atoms with van der Waals surface area (Å²) in [5.41, 5.74) is 2.59. The number of carbonyl (C=O) groups is 1. The summed E-state index contributed by atoms with van der Waals surface area (Å²) in [7, 11) is 0. The predicted octanol–water partition coefficient (Wildman–Crippen LogP) is 4.89. The summed E-state index contributed by atoms with van der Waals surface area (Å²) in [6, 6.07) is 5.51. The molecule has 1 rings (SSSR count). The minimum Gasteiger partial charge on any atom is -0.289 e. The lowest BCUT2D eigenvalue weighted by Gasteiger charge is -2.15. The number of aryl methyl sites for hydroxylation is 1. The van der Waals surface area contributed by atoms with Crippen LogP contribution in [0.2, 0.25) is 0 Å². The van der Waals surface area contributed by atoms with E-state index in [1.54, 1.807) is 6.07 Å². The molecule has 0 saturated heterocycles.